The molecule has 4 heteroatoms. The molecule has 0 aliphatic carbocycles. The summed E-state index contributed by atoms with van der Waals surface area (Å²) in [4.78, 5) is 0. The highest BCUT2D eigenvalue weighted by molar-refractivity contribution is 5.33. The van der Waals surface area contributed by atoms with Crippen LogP contribution in [0, 0.1) is 0 Å². The van der Waals surface area contributed by atoms with E-state index in [-0.39, 0.29) is 6.61 Å². The van der Waals surface area contributed by atoms with Crippen LogP contribution in [-0.4, -0.2) is 22.0 Å². The average Bonchev–Trinajstić information content (AvgIpc) is 2.77. The van der Waals surface area contributed by atoms with Crippen LogP contribution in [0.2, 0.25) is 0 Å². The van der Waals surface area contributed by atoms with Crippen molar-refractivity contribution in [2.24, 2.45) is 0 Å². The minimum atomic E-state index is -0.0288. The van der Waals surface area contributed by atoms with Crippen molar-refractivity contribution in [3.63, 3.8) is 0 Å². The van der Waals surface area contributed by atoms with Crippen LogP contribution >= 0.6 is 0 Å². The van der Waals surface area contributed by atoms with Gasteiger partial charge in [-0.25, -0.2) is 0 Å². The van der Waals surface area contributed by atoms with Crippen LogP contribution in [0.5, 0.6) is 5.75 Å². The molecule has 0 amide bonds. The summed E-state index contributed by atoms with van der Waals surface area (Å²) in [6, 6.07) is 9.62. The van der Waals surface area contributed by atoms with Crippen molar-refractivity contribution in [3.8, 4) is 5.75 Å². The van der Waals surface area contributed by atoms with E-state index in [0.29, 0.717) is 12.2 Å². The molecule has 1 N–H and O–H groups in total. The number of methoxy groups -OCH3 is 1. The summed E-state index contributed by atoms with van der Waals surface area (Å²) in [6.45, 7) is 0.614. The van der Waals surface area contributed by atoms with E-state index in [4.69, 9.17) is 9.84 Å². The van der Waals surface area contributed by atoms with Crippen molar-refractivity contribution < 1.29 is 9.84 Å². The highest BCUT2D eigenvalue weighted by atomic mass is 16.5. The highest BCUT2D eigenvalue weighted by Gasteiger charge is 2.03. The number of rotatable bonds is 4. The highest BCUT2D eigenvalue weighted by Crippen LogP contribution is 2.18. The zero-order valence-corrected chi connectivity index (χ0v) is 9.13. The molecule has 16 heavy (non-hydrogen) atoms. The third-order valence-electron chi connectivity index (χ3n) is 2.38. The minimum absolute atomic E-state index is 0.0288. The number of nitrogens with zero attached hydrogens (tertiary/aromatic N) is 2. The third-order valence-corrected chi connectivity index (χ3v) is 2.38. The second-order valence-corrected chi connectivity index (χ2v) is 3.47. The first-order valence-corrected chi connectivity index (χ1v) is 5.08. The molecular weight excluding hydrogens is 204 g/mol. The summed E-state index contributed by atoms with van der Waals surface area (Å²) in [5, 5.41) is 13.1. The molecule has 84 valence electrons. The molecule has 0 fully saturated rings. The van der Waals surface area contributed by atoms with Gasteiger partial charge >= 0.3 is 0 Å². The molecule has 0 saturated heterocycles. The van der Waals surface area contributed by atoms with E-state index in [1.807, 2.05) is 30.5 Å². The maximum Gasteiger partial charge on any atom is 0.123 e. The molecular formula is C12H14N2O2. The SMILES string of the molecule is COc1ccccc1Cn1ccc(CO)n1. The van der Waals surface area contributed by atoms with Crippen molar-refractivity contribution in [2.75, 3.05) is 7.11 Å². The van der Waals surface area contributed by atoms with Crippen molar-refractivity contribution in [1.29, 1.82) is 0 Å². The second-order valence-electron chi connectivity index (χ2n) is 3.47. The van der Waals surface area contributed by atoms with E-state index in [2.05, 4.69) is 5.10 Å². The largest absolute Gasteiger partial charge is 0.496 e. The normalized spacial score (nSPS) is 10.4. The van der Waals surface area contributed by atoms with Gasteiger partial charge in [-0.2, -0.15) is 5.10 Å². The molecule has 0 unspecified atom stereocenters. The Morgan fingerprint density at radius 1 is 1.31 bits per heavy atom. The van der Waals surface area contributed by atoms with Crippen molar-refractivity contribution in [2.45, 2.75) is 13.2 Å². The van der Waals surface area contributed by atoms with E-state index in [1.165, 1.54) is 0 Å². The number of benzene rings is 1. The molecule has 0 radical (unpaired) electrons. The molecule has 4 nitrogen and oxygen atoms in total. The predicted molar refractivity (Wildman–Crippen MR) is 60.2 cm³/mol. The number of hydrogen-bond donors (Lipinski definition) is 1. The van der Waals surface area contributed by atoms with Gasteiger partial charge in [0.05, 0.1) is 26.0 Å². The van der Waals surface area contributed by atoms with Gasteiger partial charge in [0.25, 0.3) is 0 Å². The summed E-state index contributed by atoms with van der Waals surface area (Å²) in [6.07, 6.45) is 1.85. The van der Waals surface area contributed by atoms with E-state index >= 15 is 0 Å². The van der Waals surface area contributed by atoms with Gasteiger partial charge in [-0.15, -0.1) is 0 Å². The number of para-hydroxylation sites is 1. The lowest BCUT2D eigenvalue weighted by Gasteiger charge is -2.07. The van der Waals surface area contributed by atoms with Crippen molar-refractivity contribution >= 4 is 0 Å². The predicted octanol–water partition coefficient (Wildman–Crippen LogP) is 1.43. The summed E-state index contributed by atoms with van der Waals surface area (Å²) in [5.41, 5.74) is 1.74. The summed E-state index contributed by atoms with van der Waals surface area (Å²) >= 11 is 0. The maximum atomic E-state index is 8.92. The van der Waals surface area contributed by atoms with Gasteiger partial charge in [0.2, 0.25) is 0 Å². The zero-order chi connectivity index (χ0) is 11.4. The van der Waals surface area contributed by atoms with Gasteiger partial charge < -0.3 is 9.84 Å². The fourth-order valence-corrected chi connectivity index (χ4v) is 1.58. The van der Waals surface area contributed by atoms with Crippen LogP contribution in [0.1, 0.15) is 11.3 Å². The van der Waals surface area contributed by atoms with Crippen LogP contribution in [0.25, 0.3) is 0 Å². The molecule has 2 aromatic rings. The number of aromatic nitrogens is 2. The average molecular weight is 218 g/mol. The Hall–Kier alpha value is -1.81. The molecule has 0 bridgehead atoms. The zero-order valence-electron chi connectivity index (χ0n) is 9.13. The van der Waals surface area contributed by atoms with E-state index < -0.39 is 0 Å². The Balaban J connectivity index is 2.19. The number of aliphatic hydroxyl groups is 1. The molecule has 0 aliphatic rings. The minimum Gasteiger partial charge on any atom is -0.496 e. The van der Waals surface area contributed by atoms with Crippen molar-refractivity contribution in [3.05, 3.63) is 47.8 Å². The van der Waals surface area contributed by atoms with Crippen LogP contribution in [0.4, 0.5) is 0 Å². The maximum absolute atomic E-state index is 8.92. The van der Waals surface area contributed by atoms with E-state index in [0.717, 1.165) is 11.3 Å². The van der Waals surface area contributed by atoms with Gasteiger partial charge in [0, 0.05) is 11.8 Å². The molecule has 0 saturated carbocycles. The van der Waals surface area contributed by atoms with Crippen LogP contribution < -0.4 is 4.74 Å². The molecule has 1 aromatic carbocycles. The first kappa shape index (κ1) is 10.7. The summed E-state index contributed by atoms with van der Waals surface area (Å²) < 4.78 is 7.04. The molecule has 0 atom stereocenters. The van der Waals surface area contributed by atoms with Crippen molar-refractivity contribution in [1.82, 2.24) is 9.78 Å². The van der Waals surface area contributed by atoms with Gasteiger partial charge in [-0.1, -0.05) is 18.2 Å². The first-order valence-electron chi connectivity index (χ1n) is 5.08. The van der Waals surface area contributed by atoms with Crippen LogP contribution in [-0.2, 0) is 13.2 Å². The summed E-state index contributed by atoms with van der Waals surface area (Å²) in [7, 11) is 1.65. The Labute approximate surface area is 94.1 Å². The third kappa shape index (κ3) is 2.23. The number of ether oxygens (including phenoxy) is 1. The Kier molecular flexibility index (Phi) is 3.22. The molecule has 1 heterocycles. The standard InChI is InChI=1S/C12H14N2O2/c1-16-12-5-3-2-4-10(12)8-14-7-6-11(9-15)13-14/h2-7,15H,8-9H2,1H3. The molecule has 0 spiro atoms. The quantitative estimate of drug-likeness (QED) is 0.844. The number of hydrogen-bond acceptors (Lipinski definition) is 3. The lowest BCUT2D eigenvalue weighted by molar-refractivity contribution is 0.275. The van der Waals surface area contributed by atoms with E-state index in [9.17, 15) is 0 Å². The lowest BCUT2D eigenvalue weighted by Crippen LogP contribution is -2.03. The first-order chi connectivity index (χ1) is 7.83. The number of aliphatic hydroxyl groups excluding tert-OH is 1. The molecule has 2 rings (SSSR count). The monoisotopic (exact) mass is 218 g/mol. The Morgan fingerprint density at radius 3 is 2.81 bits per heavy atom. The lowest BCUT2D eigenvalue weighted by atomic mass is 10.2. The molecule has 0 aliphatic heterocycles. The fraction of sp³-hybridized carbons (Fsp3) is 0.250. The van der Waals surface area contributed by atoms with Gasteiger partial charge in [-0.05, 0) is 12.1 Å². The fourth-order valence-electron chi connectivity index (χ4n) is 1.58. The topological polar surface area (TPSA) is 47.3 Å². The Morgan fingerprint density at radius 2 is 2.12 bits per heavy atom. The molecule has 1 aromatic heterocycles. The van der Waals surface area contributed by atoms with Gasteiger partial charge in [-0.3, -0.25) is 4.68 Å². The van der Waals surface area contributed by atoms with Gasteiger partial charge in [0.1, 0.15) is 5.75 Å². The smallest absolute Gasteiger partial charge is 0.123 e. The second kappa shape index (κ2) is 4.81. The van der Waals surface area contributed by atoms with E-state index in [1.54, 1.807) is 17.9 Å². The van der Waals surface area contributed by atoms with Crippen LogP contribution in [0.15, 0.2) is 36.5 Å². The Bertz CT molecular complexity index is 466. The summed E-state index contributed by atoms with van der Waals surface area (Å²) in [5.74, 6) is 0.851. The van der Waals surface area contributed by atoms with Gasteiger partial charge in [0.15, 0.2) is 0 Å². The van der Waals surface area contributed by atoms with Crippen LogP contribution in [0.3, 0.4) is 0 Å².